The van der Waals surface area contributed by atoms with E-state index in [4.69, 9.17) is 0 Å². The molecule has 0 amide bonds. The molecule has 0 aliphatic heterocycles. The predicted octanol–water partition coefficient (Wildman–Crippen LogP) is 1.53. The van der Waals surface area contributed by atoms with Crippen LogP contribution >= 0.6 is 15.9 Å². The van der Waals surface area contributed by atoms with Gasteiger partial charge in [0.2, 0.25) is 10.0 Å². The first kappa shape index (κ1) is 15.6. The molecule has 0 radical (unpaired) electrons. The highest BCUT2D eigenvalue weighted by Gasteiger charge is 2.15. The average Bonchev–Trinajstić information content (AvgIpc) is 2.84. The van der Waals surface area contributed by atoms with E-state index in [-0.39, 0.29) is 17.1 Å². The van der Waals surface area contributed by atoms with Gasteiger partial charge in [0, 0.05) is 24.9 Å². The molecule has 0 saturated carbocycles. The number of sulfonamides is 1. The number of benzene rings is 1. The first-order valence-corrected chi connectivity index (χ1v) is 8.08. The Hall–Kier alpha value is -1.78. The van der Waals surface area contributed by atoms with Gasteiger partial charge >= 0.3 is 0 Å². The molecule has 1 aromatic heterocycles. The van der Waals surface area contributed by atoms with Gasteiger partial charge in [0.15, 0.2) is 0 Å². The summed E-state index contributed by atoms with van der Waals surface area (Å²) < 4.78 is 28.8. The van der Waals surface area contributed by atoms with E-state index in [1.807, 2.05) is 0 Å². The van der Waals surface area contributed by atoms with Crippen LogP contribution in [0, 0.1) is 10.1 Å². The summed E-state index contributed by atoms with van der Waals surface area (Å²) in [7, 11) is -3.69. The average molecular weight is 375 g/mol. The van der Waals surface area contributed by atoms with E-state index >= 15 is 0 Å². The van der Waals surface area contributed by atoms with Crippen molar-refractivity contribution in [3.05, 3.63) is 51.2 Å². The van der Waals surface area contributed by atoms with Crippen LogP contribution in [-0.2, 0) is 16.6 Å². The van der Waals surface area contributed by atoms with Crippen molar-refractivity contribution in [1.82, 2.24) is 14.5 Å². The second-order valence-corrected chi connectivity index (χ2v) is 6.75. The number of hydrogen-bond acceptors (Lipinski definition) is 5. The van der Waals surface area contributed by atoms with Gasteiger partial charge in [0.1, 0.15) is 0 Å². The van der Waals surface area contributed by atoms with Gasteiger partial charge in [0.05, 0.1) is 27.0 Å². The van der Waals surface area contributed by atoms with Crippen LogP contribution in [0.2, 0.25) is 0 Å². The summed E-state index contributed by atoms with van der Waals surface area (Å²) in [5, 5.41) is 14.5. The first-order valence-electron chi connectivity index (χ1n) is 5.80. The molecule has 0 aliphatic carbocycles. The molecule has 8 nitrogen and oxygen atoms in total. The molecule has 0 fully saturated rings. The highest BCUT2D eigenvalue weighted by molar-refractivity contribution is 9.10. The maximum absolute atomic E-state index is 12.0. The lowest BCUT2D eigenvalue weighted by Gasteiger charge is -2.06. The monoisotopic (exact) mass is 374 g/mol. The molecule has 0 aliphatic rings. The number of non-ortho nitro benzene ring substituents is 1. The van der Waals surface area contributed by atoms with Gasteiger partial charge in [-0.05, 0) is 28.1 Å². The molecule has 0 spiro atoms. The number of rotatable bonds is 6. The summed E-state index contributed by atoms with van der Waals surface area (Å²) >= 11 is 3.24. The lowest BCUT2D eigenvalue weighted by molar-refractivity contribution is -0.384. The Morgan fingerprint density at radius 1 is 1.33 bits per heavy atom. The molecule has 0 saturated heterocycles. The molecule has 2 rings (SSSR count). The Labute approximate surface area is 129 Å². The summed E-state index contributed by atoms with van der Waals surface area (Å²) in [5.41, 5.74) is -0.157. The predicted molar refractivity (Wildman–Crippen MR) is 78.2 cm³/mol. The zero-order valence-electron chi connectivity index (χ0n) is 10.6. The normalized spacial score (nSPS) is 11.5. The Morgan fingerprint density at radius 3 is 2.52 bits per heavy atom. The fraction of sp³-hybridized carbons (Fsp3) is 0.182. The summed E-state index contributed by atoms with van der Waals surface area (Å²) in [6, 6.07) is 4.70. The van der Waals surface area contributed by atoms with E-state index in [0.717, 1.165) is 16.6 Å². The van der Waals surface area contributed by atoms with Gasteiger partial charge in [0.25, 0.3) is 5.69 Å². The molecule has 1 N–H and O–H groups in total. The molecule has 0 bridgehead atoms. The van der Waals surface area contributed by atoms with Crippen LogP contribution in [0.25, 0.3) is 0 Å². The second-order valence-electron chi connectivity index (χ2n) is 4.07. The highest BCUT2D eigenvalue weighted by atomic mass is 79.9. The van der Waals surface area contributed by atoms with Crippen LogP contribution in [0.4, 0.5) is 5.69 Å². The van der Waals surface area contributed by atoms with Crippen LogP contribution in [0.5, 0.6) is 0 Å². The van der Waals surface area contributed by atoms with Crippen molar-refractivity contribution >= 4 is 31.6 Å². The minimum atomic E-state index is -3.69. The standard InChI is InChI=1S/C11H11BrN4O4S/c12-9-7-13-15(8-9)6-5-14-21(19,20)11-3-1-10(2-4-11)16(17)18/h1-4,7-8,14H,5-6H2. The van der Waals surface area contributed by atoms with E-state index in [1.165, 1.54) is 12.1 Å². The number of hydrogen-bond donors (Lipinski definition) is 1. The van der Waals surface area contributed by atoms with Gasteiger partial charge < -0.3 is 0 Å². The van der Waals surface area contributed by atoms with Crippen molar-refractivity contribution in [2.75, 3.05) is 6.54 Å². The zero-order valence-corrected chi connectivity index (χ0v) is 13.0. The van der Waals surface area contributed by atoms with E-state index in [1.54, 1.807) is 17.1 Å². The lowest BCUT2D eigenvalue weighted by atomic mass is 10.3. The molecule has 0 unspecified atom stereocenters. The van der Waals surface area contributed by atoms with Crippen LogP contribution in [-0.4, -0.2) is 29.7 Å². The minimum Gasteiger partial charge on any atom is -0.270 e. The van der Waals surface area contributed by atoms with Gasteiger partial charge in [-0.1, -0.05) is 0 Å². The zero-order chi connectivity index (χ0) is 15.5. The summed E-state index contributed by atoms with van der Waals surface area (Å²) in [4.78, 5) is 9.92. The SMILES string of the molecule is O=[N+]([O-])c1ccc(S(=O)(=O)NCCn2cc(Br)cn2)cc1. The van der Waals surface area contributed by atoms with Crippen molar-refractivity contribution in [3.8, 4) is 0 Å². The largest absolute Gasteiger partial charge is 0.270 e. The number of nitro benzene ring substituents is 1. The van der Waals surface area contributed by atoms with Crippen molar-refractivity contribution in [3.63, 3.8) is 0 Å². The third-order valence-electron chi connectivity index (χ3n) is 2.59. The minimum absolute atomic E-state index is 0.0188. The van der Waals surface area contributed by atoms with E-state index in [2.05, 4.69) is 25.8 Å². The molecule has 0 atom stereocenters. The lowest BCUT2D eigenvalue weighted by Crippen LogP contribution is -2.27. The molecule has 1 heterocycles. The molecular weight excluding hydrogens is 364 g/mol. The van der Waals surface area contributed by atoms with Crippen molar-refractivity contribution in [1.29, 1.82) is 0 Å². The van der Waals surface area contributed by atoms with E-state index in [9.17, 15) is 18.5 Å². The fourth-order valence-corrected chi connectivity index (χ4v) is 2.93. The smallest absolute Gasteiger partial charge is 0.269 e. The Morgan fingerprint density at radius 2 is 2.00 bits per heavy atom. The number of halogens is 1. The molecule has 1 aromatic carbocycles. The van der Waals surface area contributed by atoms with Gasteiger partial charge in [-0.2, -0.15) is 5.10 Å². The van der Waals surface area contributed by atoms with Crippen LogP contribution in [0.15, 0.2) is 46.0 Å². The maximum Gasteiger partial charge on any atom is 0.269 e. The Balaban J connectivity index is 1.99. The fourth-order valence-electron chi connectivity index (χ4n) is 1.59. The van der Waals surface area contributed by atoms with Gasteiger partial charge in [-0.3, -0.25) is 14.8 Å². The second kappa shape index (κ2) is 6.33. The number of nitrogens with zero attached hydrogens (tertiary/aromatic N) is 3. The third kappa shape index (κ3) is 4.09. The molecule has 21 heavy (non-hydrogen) atoms. The van der Waals surface area contributed by atoms with Crippen molar-refractivity contribution in [2.45, 2.75) is 11.4 Å². The molecular formula is C11H11BrN4O4S. The number of nitro groups is 1. The van der Waals surface area contributed by atoms with Crippen molar-refractivity contribution in [2.24, 2.45) is 0 Å². The van der Waals surface area contributed by atoms with Crippen LogP contribution in [0.1, 0.15) is 0 Å². The quantitative estimate of drug-likeness (QED) is 0.609. The Bertz CT molecular complexity index is 742. The third-order valence-corrected chi connectivity index (χ3v) is 4.48. The summed E-state index contributed by atoms with van der Waals surface area (Å²) in [5.74, 6) is 0. The number of aromatic nitrogens is 2. The topological polar surface area (TPSA) is 107 Å². The van der Waals surface area contributed by atoms with E-state index in [0.29, 0.717) is 6.54 Å². The van der Waals surface area contributed by atoms with Crippen LogP contribution in [0.3, 0.4) is 0 Å². The van der Waals surface area contributed by atoms with Crippen molar-refractivity contribution < 1.29 is 13.3 Å². The molecule has 112 valence electrons. The summed E-state index contributed by atoms with van der Waals surface area (Å²) in [6.45, 7) is 0.533. The highest BCUT2D eigenvalue weighted by Crippen LogP contribution is 2.15. The number of nitrogens with one attached hydrogen (secondary N) is 1. The van der Waals surface area contributed by atoms with Crippen LogP contribution < -0.4 is 4.72 Å². The van der Waals surface area contributed by atoms with Gasteiger partial charge in [-0.25, -0.2) is 13.1 Å². The Kier molecular flexibility index (Phi) is 4.70. The van der Waals surface area contributed by atoms with E-state index < -0.39 is 14.9 Å². The molecule has 10 heteroatoms. The van der Waals surface area contributed by atoms with Gasteiger partial charge in [-0.15, -0.1) is 0 Å². The maximum atomic E-state index is 12.0. The summed E-state index contributed by atoms with van der Waals surface area (Å²) in [6.07, 6.45) is 3.32. The molecule has 2 aromatic rings. The first-order chi connectivity index (χ1) is 9.88.